The van der Waals surface area contributed by atoms with E-state index in [-0.39, 0.29) is 11.7 Å². The highest BCUT2D eigenvalue weighted by Crippen LogP contribution is 2.14. The summed E-state index contributed by atoms with van der Waals surface area (Å²) in [5.74, 6) is -0.115. The van der Waals surface area contributed by atoms with Gasteiger partial charge in [-0.15, -0.1) is 0 Å². The van der Waals surface area contributed by atoms with Crippen LogP contribution < -0.4 is 5.43 Å². The van der Waals surface area contributed by atoms with Crippen LogP contribution in [0.25, 0.3) is 10.9 Å². The highest BCUT2D eigenvalue weighted by atomic mass is 16.3. The highest BCUT2D eigenvalue weighted by Gasteiger charge is 2.07. The number of fused-ring (bicyclic) bond motifs is 1. The Morgan fingerprint density at radius 2 is 1.90 bits per heavy atom. The van der Waals surface area contributed by atoms with Crippen molar-refractivity contribution >= 4 is 23.0 Å². The van der Waals surface area contributed by atoms with Gasteiger partial charge in [0.2, 0.25) is 0 Å². The van der Waals surface area contributed by atoms with E-state index in [4.69, 9.17) is 5.11 Å². The standard InChI is InChI=1S/C16H13N3O2/c20-13-7-5-11(6-8-13)10-17-19-16(21)15-9-12-3-1-2-4-14(12)18-15/h1-10,18,20H,(H,19,21). The van der Waals surface area contributed by atoms with Crippen molar-refractivity contribution in [2.24, 2.45) is 5.10 Å². The number of carbonyl (C=O) groups is 1. The Kier molecular flexibility index (Phi) is 3.39. The Bertz CT molecular complexity index is 771. The molecule has 0 saturated heterocycles. The maximum atomic E-state index is 12.0. The molecule has 5 nitrogen and oxygen atoms in total. The molecule has 0 aliphatic carbocycles. The number of phenolic OH excluding ortho intramolecular Hbond substituents is 1. The van der Waals surface area contributed by atoms with E-state index in [2.05, 4.69) is 15.5 Å². The monoisotopic (exact) mass is 279 g/mol. The summed E-state index contributed by atoms with van der Waals surface area (Å²) in [6.07, 6.45) is 1.51. The van der Waals surface area contributed by atoms with Gasteiger partial charge in [-0.2, -0.15) is 5.10 Å². The van der Waals surface area contributed by atoms with Gasteiger partial charge in [-0.25, -0.2) is 5.43 Å². The van der Waals surface area contributed by atoms with E-state index in [1.807, 2.05) is 24.3 Å². The molecule has 0 saturated carbocycles. The number of para-hydroxylation sites is 1. The van der Waals surface area contributed by atoms with E-state index in [0.29, 0.717) is 5.69 Å². The van der Waals surface area contributed by atoms with E-state index >= 15 is 0 Å². The molecule has 1 heterocycles. The second-order valence-electron chi connectivity index (χ2n) is 4.56. The minimum Gasteiger partial charge on any atom is -0.508 e. The number of carbonyl (C=O) groups excluding carboxylic acids is 1. The maximum absolute atomic E-state index is 12.0. The second-order valence-corrected chi connectivity index (χ2v) is 4.56. The molecule has 3 rings (SSSR count). The summed E-state index contributed by atoms with van der Waals surface area (Å²) in [4.78, 5) is 15.0. The van der Waals surface area contributed by atoms with Crippen LogP contribution in [-0.4, -0.2) is 22.2 Å². The van der Waals surface area contributed by atoms with Gasteiger partial charge in [-0.1, -0.05) is 18.2 Å². The molecule has 5 heteroatoms. The SMILES string of the molecule is O=C(NN=Cc1ccc(O)cc1)c1cc2ccccc2[nH]1. The number of benzene rings is 2. The van der Waals surface area contributed by atoms with E-state index in [9.17, 15) is 4.79 Å². The van der Waals surface area contributed by atoms with Gasteiger partial charge >= 0.3 is 0 Å². The lowest BCUT2D eigenvalue weighted by atomic mass is 10.2. The summed E-state index contributed by atoms with van der Waals surface area (Å²) in [7, 11) is 0. The van der Waals surface area contributed by atoms with Crippen LogP contribution in [-0.2, 0) is 0 Å². The Balaban J connectivity index is 1.70. The summed E-state index contributed by atoms with van der Waals surface area (Å²) in [6.45, 7) is 0. The van der Waals surface area contributed by atoms with Crippen LogP contribution >= 0.6 is 0 Å². The maximum Gasteiger partial charge on any atom is 0.287 e. The first-order valence-electron chi connectivity index (χ1n) is 6.42. The number of phenols is 1. The van der Waals surface area contributed by atoms with Crippen molar-refractivity contribution in [3.05, 3.63) is 65.9 Å². The number of amides is 1. The van der Waals surface area contributed by atoms with Crippen LogP contribution in [0.4, 0.5) is 0 Å². The van der Waals surface area contributed by atoms with Gasteiger partial charge < -0.3 is 10.1 Å². The van der Waals surface area contributed by atoms with Crippen LogP contribution in [0.3, 0.4) is 0 Å². The third kappa shape index (κ3) is 2.92. The topological polar surface area (TPSA) is 77.5 Å². The zero-order valence-electron chi connectivity index (χ0n) is 11.1. The molecule has 3 N–H and O–H groups in total. The predicted molar refractivity (Wildman–Crippen MR) is 81.5 cm³/mol. The molecule has 21 heavy (non-hydrogen) atoms. The minimum atomic E-state index is -0.304. The molecular formula is C16H13N3O2. The van der Waals surface area contributed by atoms with Crippen LogP contribution in [0.2, 0.25) is 0 Å². The number of hydrazone groups is 1. The first-order chi connectivity index (χ1) is 10.2. The number of nitrogens with one attached hydrogen (secondary N) is 2. The van der Waals surface area contributed by atoms with Gasteiger partial charge in [0.15, 0.2) is 0 Å². The first-order valence-corrected chi connectivity index (χ1v) is 6.42. The molecule has 104 valence electrons. The number of aromatic nitrogens is 1. The molecule has 1 amide bonds. The van der Waals surface area contributed by atoms with Crippen molar-refractivity contribution in [3.8, 4) is 5.75 Å². The lowest BCUT2D eigenvalue weighted by Crippen LogP contribution is -2.17. The van der Waals surface area contributed by atoms with Crippen LogP contribution in [0.15, 0.2) is 59.7 Å². The van der Waals surface area contributed by atoms with Crippen molar-refractivity contribution in [1.82, 2.24) is 10.4 Å². The third-order valence-electron chi connectivity index (χ3n) is 3.05. The van der Waals surface area contributed by atoms with E-state index in [0.717, 1.165) is 16.5 Å². The van der Waals surface area contributed by atoms with Gasteiger partial charge in [0.05, 0.1) is 6.21 Å². The molecule has 2 aromatic carbocycles. The summed E-state index contributed by atoms with van der Waals surface area (Å²) >= 11 is 0. The zero-order chi connectivity index (χ0) is 14.7. The van der Waals surface area contributed by atoms with Gasteiger partial charge in [-0.3, -0.25) is 4.79 Å². The lowest BCUT2D eigenvalue weighted by molar-refractivity contribution is 0.0951. The predicted octanol–water partition coefficient (Wildman–Crippen LogP) is 2.64. The second kappa shape index (κ2) is 5.50. The summed E-state index contributed by atoms with van der Waals surface area (Å²) in [5.41, 5.74) is 4.61. The van der Waals surface area contributed by atoms with Gasteiger partial charge in [-0.05, 0) is 42.0 Å². The van der Waals surface area contributed by atoms with Gasteiger partial charge in [0.25, 0.3) is 5.91 Å². The van der Waals surface area contributed by atoms with Crippen molar-refractivity contribution < 1.29 is 9.90 Å². The summed E-state index contributed by atoms with van der Waals surface area (Å²) in [5, 5.41) is 14.0. The zero-order valence-corrected chi connectivity index (χ0v) is 11.1. The normalized spacial score (nSPS) is 11.0. The van der Waals surface area contributed by atoms with E-state index in [1.165, 1.54) is 6.21 Å². The number of aromatic hydroxyl groups is 1. The number of aromatic amines is 1. The Labute approximate surface area is 120 Å². The van der Waals surface area contributed by atoms with Crippen molar-refractivity contribution in [2.75, 3.05) is 0 Å². The fraction of sp³-hybridized carbons (Fsp3) is 0. The molecular weight excluding hydrogens is 266 g/mol. The number of hydrogen-bond acceptors (Lipinski definition) is 3. The fourth-order valence-corrected chi connectivity index (χ4v) is 1.98. The summed E-state index contributed by atoms with van der Waals surface area (Å²) in [6, 6.07) is 16.0. The van der Waals surface area contributed by atoms with Crippen molar-refractivity contribution in [3.63, 3.8) is 0 Å². The Hall–Kier alpha value is -3.08. The molecule has 3 aromatic rings. The van der Waals surface area contributed by atoms with Crippen LogP contribution in [0.1, 0.15) is 16.1 Å². The highest BCUT2D eigenvalue weighted by molar-refractivity contribution is 5.98. The summed E-state index contributed by atoms with van der Waals surface area (Å²) < 4.78 is 0. The van der Waals surface area contributed by atoms with Gasteiger partial charge in [0, 0.05) is 10.9 Å². The van der Waals surface area contributed by atoms with Crippen LogP contribution in [0, 0.1) is 0 Å². The molecule has 0 atom stereocenters. The number of rotatable bonds is 3. The molecule has 0 bridgehead atoms. The van der Waals surface area contributed by atoms with E-state index in [1.54, 1.807) is 30.3 Å². The smallest absolute Gasteiger partial charge is 0.287 e. The largest absolute Gasteiger partial charge is 0.508 e. The number of hydrogen-bond donors (Lipinski definition) is 3. The van der Waals surface area contributed by atoms with Crippen LogP contribution in [0.5, 0.6) is 5.75 Å². The lowest BCUT2D eigenvalue weighted by Gasteiger charge is -1.96. The molecule has 0 aliphatic heterocycles. The average Bonchev–Trinajstić information content (AvgIpc) is 2.93. The Morgan fingerprint density at radius 1 is 1.14 bits per heavy atom. The Morgan fingerprint density at radius 3 is 2.67 bits per heavy atom. The molecule has 0 unspecified atom stereocenters. The quantitative estimate of drug-likeness (QED) is 0.509. The molecule has 1 aromatic heterocycles. The molecule has 0 fully saturated rings. The fourth-order valence-electron chi connectivity index (χ4n) is 1.98. The van der Waals surface area contributed by atoms with Crippen molar-refractivity contribution in [2.45, 2.75) is 0 Å². The molecule has 0 radical (unpaired) electrons. The minimum absolute atomic E-state index is 0.189. The average molecular weight is 279 g/mol. The van der Waals surface area contributed by atoms with Crippen molar-refractivity contribution in [1.29, 1.82) is 0 Å². The number of nitrogens with zero attached hydrogens (tertiary/aromatic N) is 1. The first kappa shape index (κ1) is 12.9. The molecule has 0 aliphatic rings. The third-order valence-corrected chi connectivity index (χ3v) is 3.05. The number of H-pyrrole nitrogens is 1. The van der Waals surface area contributed by atoms with Gasteiger partial charge in [0.1, 0.15) is 11.4 Å². The van der Waals surface area contributed by atoms with E-state index < -0.39 is 0 Å². The molecule has 0 spiro atoms.